The van der Waals surface area contributed by atoms with E-state index in [1.54, 1.807) is 6.07 Å². The first-order valence-corrected chi connectivity index (χ1v) is 11.6. The van der Waals surface area contributed by atoms with Gasteiger partial charge in [0.1, 0.15) is 17.3 Å². The number of H-pyrrole nitrogens is 1. The van der Waals surface area contributed by atoms with Crippen molar-refractivity contribution in [1.29, 1.82) is 0 Å². The quantitative estimate of drug-likeness (QED) is 0.306. The predicted octanol–water partition coefficient (Wildman–Crippen LogP) is 5.60. The maximum atomic E-state index is 12.2. The lowest BCUT2D eigenvalue weighted by atomic mass is 10.2. The maximum Gasteiger partial charge on any atom is 0.258 e. The zero-order valence-corrected chi connectivity index (χ0v) is 18.3. The summed E-state index contributed by atoms with van der Waals surface area (Å²) in [7, 11) is 0. The standard InChI is InChI=1S/C23H17N5O2S2/c29-21-18-8-4-5-9-19(18)25-20(26-21)14-31-23-28-27-22(32-23)24-15-10-12-17(13-11-15)30-16-6-2-1-3-7-16/h1-13H,14H2,(H,24,27)(H,25,26,29). The van der Waals surface area contributed by atoms with Crippen LogP contribution in [-0.2, 0) is 5.75 Å². The Morgan fingerprint density at radius 3 is 2.50 bits per heavy atom. The summed E-state index contributed by atoms with van der Waals surface area (Å²) in [6.07, 6.45) is 0. The molecule has 0 aliphatic heterocycles. The van der Waals surface area contributed by atoms with E-state index < -0.39 is 0 Å². The lowest BCUT2D eigenvalue weighted by Crippen LogP contribution is -2.11. The van der Waals surface area contributed by atoms with Gasteiger partial charge < -0.3 is 15.0 Å². The molecule has 0 aliphatic rings. The Hall–Kier alpha value is -3.69. The van der Waals surface area contributed by atoms with Gasteiger partial charge in [-0.25, -0.2) is 4.98 Å². The highest BCUT2D eigenvalue weighted by Gasteiger charge is 2.09. The van der Waals surface area contributed by atoms with Crippen LogP contribution in [0.25, 0.3) is 10.9 Å². The van der Waals surface area contributed by atoms with Crippen molar-refractivity contribution in [3.63, 3.8) is 0 Å². The Morgan fingerprint density at radius 1 is 0.906 bits per heavy atom. The van der Waals surface area contributed by atoms with E-state index in [1.807, 2.05) is 72.8 Å². The molecule has 32 heavy (non-hydrogen) atoms. The molecule has 158 valence electrons. The molecule has 0 spiro atoms. The van der Waals surface area contributed by atoms with E-state index in [0.717, 1.165) is 21.5 Å². The molecule has 0 saturated carbocycles. The van der Waals surface area contributed by atoms with Gasteiger partial charge in [-0.1, -0.05) is 53.4 Å². The Balaban J connectivity index is 1.20. The fourth-order valence-electron chi connectivity index (χ4n) is 3.01. The maximum absolute atomic E-state index is 12.2. The molecule has 0 atom stereocenters. The molecule has 0 aliphatic carbocycles. The summed E-state index contributed by atoms with van der Waals surface area (Å²) in [5, 5.41) is 12.9. The third kappa shape index (κ3) is 4.79. The normalized spacial score (nSPS) is 10.9. The molecule has 5 aromatic rings. The minimum atomic E-state index is -0.134. The van der Waals surface area contributed by atoms with Gasteiger partial charge in [0, 0.05) is 5.69 Å². The fraction of sp³-hybridized carbons (Fsp3) is 0.0435. The van der Waals surface area contributed by atoms with Crippen LogP contribution >= 0.6 is 23.1 Å². The van der Waals surface area contributed by atoms with Crippen LogP contribution in [-0.4, -0.2) is 20.2 Å². The number of thioether (sulfide) groups is 1. The van der Waals surface area contributed by atoms with Crippen molar-refractivity contribution in [3.05, 3.63) is 95.0 Å². The molecule has 0 bridgehead atoms. The zero-order valence-electron chi connectivity index (χ0n) is 16.7. The van der Waals surface area contributed by atoms with Crippen molar-refractivity contribution in [2.45, 2.75) is 10.1 Å². The molecule has 2 N–H and O–H groups in total. The summed E-state index contributed by atoms with van der Waals surface area (Å²) in [6, 6.07) is 24.6. The van der Waals surface area contributed by atoms with Gasteiger partial charge >= 0.3 is 0 Å². The fourth-order valence-corrected chi connectivity index (χ4v) is 4.65. The number of para-hydroxylation sites is 2. The van der Waals surface area contributed by atoms with Gasteiger partial charge in [-0.15, -0.1) is 10.2 Å². The second-order valence-electron chi connectivity index (χ2n) is 6.76. The van der Waals surface area contributed by atoms with E-state index in [-0.39, 0.29) is 5.56 Å². The van der Waals surface area contributed by atoms with Gasteiger partial charge in [0.25, 0.3) is 5.56 Å². The number of ether oxygens (including phenoxy) is 1. The predicted molar refractivity (Wildman–Crippen MR) is 128 cm³/mol. The summed E-state index contributed by atoms with van der Waals surface area (Å²) >= 11 is 2.92. The first-order chi connectivity index (χ1) is 15.7. The third-order valence-electron chi connectivity index (χ3n) is 4.49. The van der Waals surface area contributed by atoms with Crippen LogP contribution in [0.5, 0.6) is 11.5 Å². The molecule has 0 radical (unpaired) electrons. The number of hydrogen-bond donors (Lipinski definition) is 2. The topological polar surface area (TPSA) is 92.8 Å². The zero-order chi connectivity index (χ0) is 21.8. The van der Waals surface area contributed by atoms with Crippen molar-refractivity contribution in [1.82, 2.24) is 20.2 Å². The molecule has 0 amide bonds. The van der Waals surface area contributed by atoms with E-state index in [1.165, 1.54) is 23.1 Å². The van der Waals surface area contributed by atoms with Crippen LogP contribution in [0.2, 0.25) is 0 Å². The van der Waals surface area contributed by atoms with Gasteiger partial charge in [0.2, 0.25) is 5.13 Å². The van der Waals surface area contributed by atoms with Gasteiger partial charge in [0.05, 0.1) is 16.7 Å². The average molecular weight is 460 g/mol. The Bertz CT molecular complexity index is 1400. The third-order valence-corrected chi connectivity index (χ3v) is 6.47. The summed E-state index contributed by atoms with van der Waals surface area (Å²) in [6.45, 7) is 0. The highest BCUT2D eigenvalue weighted by Crippen LogP contribution is 2.30. The number of rotatable bonds is 7. The second kappa shape index (κ2) is 9.21. The van der Waals surface area contributed by atoms with Crippen molar-refractivity contribution in [2.24, 2.45) is 0 Å². The van der Waals surface area contributed by atoms with Crippen molar-refractivity contribution in [2.75, 3.05) is 5.32 Å². The number of hydrogen-bond acceptors (Lipinski definition) is 8. The minimum Gasteiger partial charge on any atom is -0.457 e. The Labute approximate surface area is 191 Å². The highest BCUT2D eigenvalue weighted by atomic mass is 32.2. The van der Waals surface area contributed by atoms with E-state index >= 15 is 0 Å². The van der Waals surface area contributed by atoms with E-state index in [0.29, 0.717) is 27.6 Å². The van der Waals surface area contributed by atoms with Gasteiger partial charge in [-0.3, -0.25) is 4.79 Å². The number of aromatic amines is 1. The smallest absolute Gasteiger partial charge is 0.258 e. The van der Waals surface area contributed by atoms with Crippen LogP contribution in [0.1, 0.15) is 5.82 Å². The summed E-state index contributed by atoms with van der Waals surface area (Å²) in [4.78, 5) is 19.5. The average Bonchev–Trinajstić information content (AvgIpc) is 3.27. The van der Waals surface area contributed by atoms with Gasteiger partial charge in [0.15, 0.2) is 4.34 Å². The molecule has 9 heteroatoms. The van der Waals surface area contributed by atoms with Gasteiger partial charge in [-0.05, 0) is 48.5 Å². The number of nitrogens with one attached hydrogen (secondary N) is 2. The van der Waals surface area contributed by atoms with Crippen LogP contribution in [0.3, 0.4) is 0 Å². The van der Waals surface area contributed by atoms with Crippen LogP contribution in [0.4, 0.5) is 10.8 Å². The van der Waals surface area contributed by atoms with Crippen LogP contribution in [0.15, 0.2) is 88.0 Å². The van der Waals surface area contributed by atoms with Crippen molar-refractivity contribution in [3.8, 4) is 11.5 Å². The number of benzene rings is 3. The summed E-state index contributed by atoms with van der Waals surface area (Å²) < 4.78 is 6.59. The second-order valence-corrected chi connectivity index (χ2v) is 8.96. The minimum absolute atomic E-state index is 0.134. The van der Waals surface area contributed by atoms with E-state index in [2.05, 4.69) is 25.5 Å². The lowest BCUT2D eigenvalue weighted by molar-refractivity contribution is 0.483. The van der Waals surface area contributed by atoms with E-state index in [4.69, 9.17) is 4.74 Å². The van der Waals surface area contributed by atoms with Crippen LogP contribution < -0.4 is 15.6 Å². The molecule has 7 nitrogen and oxygen atoms in total. The molecule has 2 heterocycles. The number of nitrogens with zero attached hydrogens (tertiary/aromatic N) is 3. The Morgan fingerprint density at radius 2 is 1.66 bits per heavy atom. The highest BCUT2D eigenvalue weighted by molar-refractivity contribution is 8.00. The van der Waals surface area contributed by atoms with Crippen molar-refractivity contribution < 1.29 is 4.74 Å². The van der Waals surface area contributed by atoms with Crippen LogP contribution in [0, 0.1) is 0 Å². The molecular formula is C23H17N5O2S2. The number of anilines is 2. The molecule has 0 unspecified atom stereocenters. The summed E-state index contributed by atoms with van der Waals surface area (Å²) in [5.74, 6) is 2.66. The first-order valence-electron chi connectivity index (χ1n) is 9.77. The SMILES string of the molecule is O=c1[nH]c(CSc2nnc(Nc3ccc(Oc4ccccc4)cc3)s2)nc2ccccc12. The molecule has 5 rings (SSSR count). The van der Waals surface area contributed by atoms with E-state index in [9.17, 15) is 4.79 Å². The summed E-state index contributed by atoms with van der Waals surface area (Å²) in [5.41, 5.74) is 1.44. The Kier molecular flexibility index (Phi) is 5.82. The largest absolute Gasteiger partial charge is 0.457 e. The molecule has 0 fully saturated rings. The monoisotopic (exact) mass is 459 g/mol. The molecular weight excluding hydrogens is 442 g/mol. The first kappa shape index (κ1) is 20.2. The number of aromatic nitrogens is 4. The molecule has 0 saturated heterocycles. The number of fused-ring (bicyclic) bond motifs is 1. The lowest BCUT2D eigenvalue weighted by Gasteiger charge is -2.06. The molecule has 2 aromatic heterocycles. The van der Waals surface area contributed by atoms with Gasteiger partial charge in [-0.2, -0.15) is 0 Å². The van der Waals surface area contributed by atoms with Crippen molar-refractivity contribution >= 4 is 44.8 Å². The molecule has 3 aromatic carbocycles.